The SMILES string of the molecule is COC(=O)/C=C(C(=O)OC)/C(C(=O)OC)=C1\N=C2C=CC=CC2OC1=O. The van der Waals surface area contributed by atoms with Crippen LogP contribution in [0.2, 0.25) is 0 Å². The molecular formula is C17H15NO8. The van der Waals surface area contributed by atoms with Gasteiger partial charge in [0.2, 0.25) is 0 Å². The van der Waals surface area contributed by atoms with Crippen molar-refractivity contribution in [1.29, 1.82) is 0 Å². The molecule has 0 spiro atoms. The predicted octanol–water partition coefficient (Wildman–Crippen LogP) is 0.178. The molecule has 26 heavy (non-hydrogen) atoms. The van der Waals surface area contributed by atoms with Crippen LogP contribution in [0.5, 0.6) is 0 Å². The Labute approximate surface area is 148 Å². The number of hydrogen-bond acceptors (Lipinski definition) is 9. The van der Waals surface area contributed by atoms with E-state index in [1.165, 1.54) is 0 Å². The van der Waals surface area contributed by atoms with Gasteiger partial charge >= 0.3 is 23.9 Å². The number of allylic oxidation sites excluding steroid dienone is 2. The standard InChI is InChI=1S/C17H15NO8/c1-23-12(19)8-9(15(20)24-2)13(16(21)25-3)14-17(22)26-11-7-5-4-6-10(11)18-14/h4-8,11H,1-3H3/b9-8-,14-13+. The predicted molar refractivity (Wildman–Crippen MR) is 86.8 cm³/mol. The van der Waals surface area contributed by atoms with Gasteiger partial charge in [-0.1, -0.05) is 12.2 Å². The van der Waals surface area contributed by atoms with Gasteiger partial charge in [0, 0.05) is 6.08 Å². The first-order chi connectivity index (χ1) is 12.4. The van der Waals surface area contributed by atoms with E-state index in [2.05, 4.69) is 19.2 Å². The van der Waals surface area contributed by atoms with Crippen molar-refractivity contribution >= 4 is 29.6 Å². The van der Waals surface area contributed by atoms with Crippen LogP contribution in [0.1, 0.15) is 0 Å². The fourth-order valence-electron chi connectivity index (χ4n) is 2.17. The number of carbonyl (C=O) groups is 4. The molecule has 0 bridgehead atoms. The lowest BCUT2D eigenvalue weighted by Gasteiger charge is -2.23. The van der Waals surface area contributed by atoms with E-state index in [9.17, 15) is 19.2 Å². The molecule has 0 aromatic carbocycles. The Bertz CT molecular complexity index is 813. The molecule has 0 aromatic rings. The number of carbonyl (C=O) groups excluding carboxylic acids is 4. The maximum Gasteiger partial charge on any atom is 0.358 e. The lowest BCUT2D eigenvalue weighted by molar-refractivity contribution is -0.143. The Morgan fingerprint density at radius 1 is 1.08 bits per heavy atom. The second-order valence-corrected chi connectivity index (χ2v) is 4.89. The second-order valence-electron chi connectivity index (χ2n) is 4.89. The molecule has 9 heteroatoms. The van der Waals surface area contributed by atoms with Crippen LogP contribution in [-0.2, 0) is 38.1 Å². The third-order valence-corrected chi connectivity index (χ3v) is 3.39. The average Bonchev–Trinajstić information content (AvgIpc) is 2.66. The molecule has 0 fully saturated rings. The summed E-state index contributed by atoms with van der Waals surface area (Å²) >= 11 is 0. The molecule has 0 aromatic heterocycles. The second kappa shape index (κ2) is 8.06. The van der Waals surface area contributed by atoms with Gasteiger partial charge in [-0.3, -0.25) is 0 Å². The van der Waals surface area contributed by atoms with Crippen molar-refractivity contribution in [2.45, 2.75) is 6.10 Å². The lowest BCUT2D eigenvalue weighted by atomic mass is 10.0. The Hall–Kier alpha value is -3.49. The zero-order valence-electron chi connectivity index (χ0n) is 14.2. The minimum atomic E-state index is -1.07. The molecule has 0 amide bonds. The molecule has 1 aliphatic carbocycles. The van der Waals surface area contributed by atoms with E-state index >= 15 is 0 Å². The molecule has 136 valence electrons. The fraction of sp³-hybridized carbons (Fsp3) is 0.235. The van der Waals surface area contributed by atoms with E-state index in [0.717, 1.165) is 21.3 Å². The summed E-state index contributed by atoms with van der Waals surface area (Å²) in [6.45, 7) is 0. The van der Waals surface area contributed by atoms with Crippen LogP contribution in [0.25, 0.3) is 0 Å². The van der Waals surface area contributed by atoms with Crippen LogP contribution >= 0.6 is 0 Å². The highest BCUT2D eigenvalue weighted by molar-refractivity contribution is 6.16. The number of ether oxygens (including phenoxy) is 4. The molecule has 1 heterocycles. The highest BCUT2D eigenvalue weighted by atomic mass is 16.6. The van der Waals surface area contributed by atoms with E-state index in [-0.39, 0.29) is 0 Å². The molecule has 1 aliphatic heterocycles. The van der Waals surface area contributed by atoms with Crippen LogP contribution in [-0.4, -0.2) is 57.0 Å². The molecule has 0 N–H and O–H groups in total. The van der Waals surface area contributed by atoms with Crippen molar-refractivity contribution in [3.8, 4) is 0 Å². The summed E-state index contributed by atoms with van der Waals surface area (Å²) in [7, 11) is 3.17. The first kappa shape index (κ1) is 18.8. The average molecular weight is 361 g/mol. The van der Waals surface area contributed by atoms with Crippen molar-refractivity contribution in [3.63, 3.8) is 0 Å². The van der Waals surface area contributed by atoms with Gasteiger partial charge in [0.05, 0.1) is 32.6 Å². The number of aliphatic imine (C=N–C) groups is 1. The van der Waals surface area contributed by atoms with Crippen molar-refractivity contribution < 1.29 is 38.1 Å². The first-order valence-corrected chi connectivity index (χ1v) is 7.28. The van der Waals surface area contributed by atoms with Gasteiger partial charge in [-0.05, 0) is 12.2 Å². The van der Waals surface area contributed by atoms with E-state index in [0.29, 0.717) is 11.8 Å². The molecule has 0 saturated carbocycles. The number of esters is 4. The van der Waals surface area contributed by atoms with Crippen molar-refractivity contribution in [2.75, 3.05) is 21.3 Å². The van der Waals surface area contributed by atoms with Gasteiger partial charge in [-0.2, -0.15) is 0 Å². The summed E-state index contributed by atoms with van der Waals surface area (Å²) in [5, 5.41) is 0. The molecular weight excluding hydrogens is 346 g/mol. The Kier molecular flexibility index (Phi) is 5.84. The smallest absolute Gasteiger partial charge is 0.358 e. The zero-order chi connectivity index (χ0) is 19.3. The van der Waals surface area contributed by atoms with Crippen molar-refractivity contribution in [2.24, 2.45) is 4.99 Å². The highest BCUT2D eigenvalue weighted by Crippen LogP contribution is 2.26. The van der Waals surface area contributed by atoms with Gasteiger partial charge < -0.3 is 18.9 Å². The number of nitrogens with zero attached hydrogens (tertiary/aromatic N) is 1. The minimum Gasteiger partial charge on any atom is -0.466 e. The number of methoxy groups -OCH3 is 3. The largest absolute Gasteiger partial charge is 0.466 e. The topological polar surface area (TPSA) is 118 Å². The van der Waals surface area contributed by atoms with E-state index in [1.54, 1.807) is 24.3 Å². The third-order valence-electron chi connectivity index (χ3n) is 3.39. The Morgan fingerprint density at radius 2 is 1.77 bits per heavy atom. The maximum absolute atomic E-state index is 12.3. The van der Waals surface area contributed by atoms with Crippen LogP contribution in [0.3, 0.4) is 0 Å². The molecule has 0 radical (unpaired) electrons. The Morgan fingerprint density at radius 3 is 2.38 bits per heavy atom. The normalized spacial score (nSPS) is 20.4. The molecule has 2 rings (SSSR count). The summed E-state index contributed by atoms with van der Waals surface area (Å²) in [4.78, 5) is 52.4. The zero-order valence-corrected chi connectivity index (χ0v) is 14.2. The van der Waals surface area contributed by atoms with E-state index in [4.69, 9.17) is 4.74 Å². The van der Waals surface area contributed by atoms with Gasteiger partial charge in [0.1, 0.15) is 5.57 Å². The molecule has 2 aliphatic rings. The minimum absolute atomic E-state index is 0.339. The Balaban J connectivity index is 2.72. The fourth-order valence-corrected chi connectivity index (χ4v) is 2.17. The van der Waals surface area contributed by atoms with Gasteiger partial charge in [-0.15, -0.1) is 0 Å². The number of fused-ring (bicyclic) bond motifs is 1. The summed E-state index contributed by atoms with van der Waals surface area (Å²) in [6.07, 6.45) is 6.51. The van der Waals surface area contributed by atoms with Crippen LogP contribution < -0.4 is 0 Å². The molecule has 0 saturated heterocycles. The van der Waals surface area contributed by atoms with E-state index in [1.807, 2.05) is 0 Å². The first-order valence-electron chi connectivity index (χ1n) is 7.28. The lowest BCUT2D eigenvalue weighted by Crippen LogP contribution is -2.33. The quantitative estimate of drug-likeness (QED) is 0.395. The van der Waals surface area contributed by atoms with E-state index < -0.39 is 46.8 Å². The van der Waals surface area contributed by atoms with Crippen LogP contribution in [0.15, 0.2) is 52.2 Å². The summed E-state index contributed by atoms with van der Waals surface area (Å²) in [5.41, 5.74) is -1.26. The summed E-state index contributed by atoms with van der Waals surface area (Å²) in [5.74, 6) is -4.03. The highest BCUT2D eigenvalue weighted by Gasteiger charge is 2.35. The number of hydrogen-bond donors (Lipinski definition) is 0. The third kappa shape index (κ3) is 3.77. The molecule has 1 atom stereocenters. The van der Waals surface area contributed by atoms with Crippen molar-refractivity contribution in [1.82, 2.24) is 0 Å². The van der Waals surface area contributed by atoms with Crippen molar-refractivity contribution in [3.05, 3.63) is 47.2 Å². The van der Waals surface area contributed by atoms with Gasteiger partial charge in [0.15, 0.2) is 11.8 Å². The van der Waals surface area contributed by atoms with Gasteiger partial charge in [-0.25, -0.2) is 24.2 Å². The van der Waals surface area contributed by atoms with Crippen LogP contribution in [0.4, 0.5) is 0 Å². The number of rotatable bonds is 4. The van der Waals surface area contributed by atoms with Crippen LogP contribution in [0, 0.1) is 0 Å². The maximum atomic E-state index is 12.3. The monoisotopic (exact) mass is 361 g/mol. The molecule has 9 nitrogen and oxygen atoms in total. The summed E-state index contributed by atoms with van der Waals surface area (Å²) < 4.78 is 18.9. The molecule has 1 unspecified atom stereocenters. The van der Waals surface area contributed by atoms with Gasteiger partial charge in [0.25, 0.3) is 0 Å². The summed E-state index contributed by atoms with van der Waals surface area (Å²) in [6, 6.07) is 0.